The Hall–Kier alpha value is -1.03. The fourth-order valence-corrected chi connectivity index (χ4v) is 3.33. The Morgan fingerprint density at radius 1 is 1.05 bits per heavy atom. The molecule has 1 aromatic rings. The number of hydrogen-bond acceptors (Lipinski definition) is 1. The van der Waals surface area contributed by atoms with Crippen molar-refractivity contribution in [3.05, 3.63) is 34.9 Å². The number of nitrogens with two attached hydrogens (primary N) is 1. The van der Waals surface area contributed by atoms with Gasteiger partial charge in [-0.25, -0.2) is 0 Å². The van der Waals surface area contributed by atoms with Crippen LogP contribution >= 0.6 is 0 Å². The summed E-state index contributed by atoms with van der Waals surface area (Å²) < 4.78 is 38.2. The number of halogens is 3. The van der Waals surface area contributed by atoms with Crippen LogP contribution < -0.4 is 5.73 Å². The van der Waals surface area contributed by atoms with Crippen LogP contribution in [-0.2, 0) is 6.18 Å². The van der Waals surface area contributed by atoms with Gasteiger partial charge in [-0.3, -0.25) is 0 Å². The number of benzene rings is 1. The predicted octanol–water partition coefficient (Wildman–Crippen LogP) is 5.37. The van der Waals surface area contributed by atoms with Gasteiger partial charge in [0.05, 0.1) is 5.56 Å². The molecule has 1 fully saturated rings. The third kappa shape index (κ3) is 4.22. The molecule has 118 valence electrons. The molecule has 0 aromatic heterocycles. The Morgan fingerprint density at radius 3 is 2.14 bits per heavy atom. The second-order valence-corrected chi connectivity index (χ2v) is 6.20. The fraction of sp³-hybridized carbons (Fsp3) is 0.647. The van der Waals surface area contributed by atoms with E-state index in [1.165, 1.54) is 38.2 Å². The molecule has 1 nitrogen and oxygen atoms in total. The van der Waals surface area contributed by atoms with E-state index < -0.39 is 11.7 Å². The average molecular weight is 299 g/mol. The van der Waals surface area contributed by atoms with Gasteiger partial charge < -0.3 is 5.73 Å². The fourth-order valence-electron chi connectivity index (χ4n) is 3.33. The largest absolute Gasteiger partial charge is 0.416 e. The van der Waals surface area contributed by atoms with E-state index in [1.807, 2.05) is 0 Å². The van der Waals surface area contributed by atoms with Crippen molar-refractivity contribution in [1.82, 2.24) is 0 Å². The second-order valence-electron chi connectivity index (χ2n) is 6.20. The third-order valence-electron chi connectivity index (χ3n) is 4.61. The molecule has 21 heavy (non-hydrogen) atoms. The topological polar surface area (TPSA) is 26.0 Å². The molecular formula is C17H24F3N. The normalized spacial score (nSPS) is 19.9. The molecule has 2 rings (SSSR count). The second kappa shape index (κ2) is 6.82. The molecule has 0 amide bonds. The van der Waals surface area contributed by atoms with Crippen LogP contribution in [-0.4, -0.2) is 0 Å². The van der Waals surface area contributed by atoms with Gasteiger partial charge in [-0.2, -0.15) is 13.2 Å². The smallest absolute Gasteiger partial charge is 0.324 e. The van der Waals surface area contributed by atoms with E-state index in [4.69, 9.17) is 5.73 Å². The van der Waals surface area contributed by atoms with E-state index >= 15 is 0 Å². The maximum atomic E-state index is 12.7. The molecule has 0 radical (unpaired) electrons. The van der Waals surface area contributed by atoms with E-state index in [1.54, 1.807) is 13.0 Å². The number of hydrogen-bond donors (Lipinski definition) is 1. The molecule has 1 saturated carbocycles. The lowest BCUT2D eigenvalue weighted by Crippen LogP contribution is -2.23. The van der Waals surface area contributed by atoms with E-state index in [0.29, 0.717) is 11.5 Å². The van der Waals surface area contributed by atoms with E-state index in [0.717, 1.165) is 24.5 Å². The van der Waals surface area contributed by atoms with Crippen molar-refractivity contribution < 1.29 is 13.2 Å². The predicted molar refractivity (Wildman–Crippen MR) is 78.9 cm³/mol. The Kier molecular flexibility index (Phi) is 5.31. The first-order valence-corrected chi connectivity index (χ1v) is 7.83. The molecule has 2 N–H and O–H groups in total. The number of alkyl halides is 3. The van der Waals surface area contributed by atoms with Gasteiger partial charge in [0.15, 0.2) is 0 Å². The van der Waals surface area contributed by atoms with E-state index in [-0.39, 0.29) is 6.04 Å². The van der Waals surface area contributed by atoms with Crippen LogP contribution in [0.4, 0.5) is 13.2 Å². The summed E-state index contributed by atoms with van der Waals surface area (Å²) in [6.07, 6.45) is 4.03. The molecule has 1 atom stereocenters. The Balaban J connectivity index is 2.16. The Labute approximate surface area is 124 Å². The Morgan fingerprint density at radius 2 is 1.62 bits per heavy atom. The summed E-state index contributed by atoms with van der Waals surface area (Å²) in [4.78, 5) is 0. The number of rotatable bonds is 2. The summed E-state index contributed by atoms with van der Waals surface area (Å²) >= 11 is 0. The molecule has 0 bridgehead atoms. The van der Waals surface area contributed by atoms with Crippen LogP contribution in [0.1, 0.15) is 67.7 Å². The van der Waals surface area contributed by atoms with Gasteiger partial charge >= 0.3 is 6.18 Å². The average Bonchev–Trinajstić information content (AvgIpc) is 2.36. The van der Waals surface area contributed by atoms with Crippen molar-refractivity contribution in [2.24, 2.45) is 11.7 Å². The summed E-state index contributed by atoms with van der Waals surface area (Å²) in [6, 6.07) is 3.80. The highest BCUT2D eigenvalue weighted by atomic mass is 19.4. The van der Waals surface area contributed by atoms with Crippen molar-refractivity contribution in [2.75, 3.05) is 0 Å². The first-order valence-electron chi connectivity index (χ1n) is 7.83. The zero-order valence-corrected chi connectivity index (χ0v) is 12.5. The minimum absolute atomic E-state index is 0.148. The standard InChI is InChI=1S/C17H24F3N/c1-12-11-14(17(18,19)20)9-10-15(12)16(21)13-7-5-3-2-4-6-8-13/h9-11,13,16H,2-8,21H2,1H3. The minimum atomic E-state index is -4.28. The number of aryl methyl sites for hydroxylation is 1. The van der Waals surface area contributed by atoms with E-state index in [2.05, 4.69) is 0 Å². The first kappa shape index (κ1) is 16.3. The maximum Gasteiger partial charge on any atom is 0.416 e. The highest BCUT2D eigenvalue weighted by molar-refractivity contribution is 5.34. The summed E-state index contributed by atoms with van der Waals surface area (Å²) in [7, 11) is 0. The minimum Gasteiger partial charge on any atom is -0.324 e. The summed E-state index contributed by atoms with van der Waals surface area (Å²) in [6.45, 7) is 1.73. The molecule has 4 heteroatoms. The quantitative estimate of drug-likeness (QED) is 0.780. The van der Waals surface area contributed by atoms with Gasteiger partial charge in [0.25, 0.3) is 0 Å². The molecule has 0 saturated heterocycles. The molecule has 1 aliphatic carbocycles. The van der Waals surface area contributed by atoms with Gasteiger partial charge in [-0.1, -0.05) is 38.2 Å². The molecule has 0 aliphatic heterocycles. The van der Waals surface area contributed by atoms with Gasteiger partial charge in [0.1, 0.15) is 0 Å². The molecule has 1 aromatic carbocycles. The SMILES string of the molecule is Cc1cc(C(F)(F)F)ccc1C(N)C1CCCCCCC1. The van der Waals surface area contributed by atoms with Crippen molar-refractivity contribution >= 4 is 0 Å². The lowest BCUT2D eigenvalue weighted by molar-refractivity contribution is -0.137. The van der Waals surface area contributed by atoms with Crippen molar-refractivity contribution in [1.29, 1.82) is 0 Å². The monoisotopic (exact) mass is 299 g/mol. The highest BCUT2D eigenvalue weighted by Gasteiger charge is 2.31. The molecule has 1 unspecified atom stereocenters. The third-order valence-corrected chi connectivity index (χ3v) is 4.61. The zero-order valence-electron chi connectivity index (χ0n) is 12.5. The van der Waals surface area contributed by atoms with Crippen LogP contribution in [0.2, 0.25) is 0 Å². The van der Waals surface area contributed by atoms with Gasteiger partial charge in [0, 0.05) is 6.04 Å². The van der Waals surface area contributed by atoms with E-state index in [9.17, 15) is 13.2 Å². The molecule has 1 aliphatic rings. The molecule has 0 spiro atoms. The maximum absolute atomic E-state index is 12.7. The first-order chi connectivity index (χ1) is 9.89. The van der Waals surface area contributed by atoms with Crippen molar-refractivity contribution in [3.63, 3.8) is 0 Å². The van der Waals surface area contributed by atoms with Crippen LogP contribution in [0.15, 0.2) is 18.2 Å². The highest BCUT2D eigenvalue weighted by Crippen LogP contribution is 2.35. The zero-order chi connectivity index (χ0) is 15.5. The van der Waals surface area contributed by atoms with Crippen LogP contribution in [0.3, 0.4) is 0 Å². The lowest BCUT2D eigenvalue weighted by atomic mass is 9.82. The lowest BCUT2D eigenvalue weighted by Gasteiger charge is -2.27. The van der Waals surface area contributed by atoms with Crippen LogP contribution in [0.5, 0.6) is 0 Å². The molecule has 0 heterocycles. The Bertz CT molecular complexity index is 460. The molecular weight excluding hydrogens is 275 g/mol. The van der Waals surface area contributed by atoms with Gasteiger partial charge in [0.2, 0.25) is 0 Å². The summed E-state index contributed by atoms with van der Waals surface area (Å²) in [5.74, 6) is 0.390. The van der Waals surface area contributed by atoms with Gasteiger partial charge in [-0.05, 0) is 48.9 Å². The van der Waals surface area contributed by atoms with Gasteiger partial charge in [-0.15, -0.1) is 0 Å². The van der Waals surface area contributed by atoms with Crippen LogP contribution in [0, 0.1) is 12.8 Å². The van der Waals surface area contributed by atoms with Crippen LogP contribution in [0.25, 0.3) is 0 Å². The summed E-state index contributed by atoms with van der Waals surface area (Å²) in [5, 5.41) is 0. The van der Waals surface area contributed by atoms with Crippen molar-refractivity contribution in [2.45, 2.75) is 64.1 Å². The van der Waals surface area contributed by atoms with Crippen molar-refractivity contribution in [3.8, 4) is 0 Å². The summed E-state index contributed by atoms with van der Waals surface area (Å²) in [5.41, 5.74) is 7.30.